The van der Waals surface area contributed by atoms with E-state index in [-0.39, 0.29) is 15.7 Å². The smallest absolute Gasteiger partial charge is 0.111 e. The highest BCUT2D eigenvalue weighted by atomic mass is 35.5. The normalized spacial score (nSPS) is 22.4. The Hall–Kier alpha value is -1.29. The van der Waals surface area contributed by atoms with Crippen molar-refractivity contribution in [3.8, 4) is 20.9 Å². The second-order valence-corrected chi connectivity index (χ2v) is 15.5. The molecule has 5 heteroatoms. The lowest BCUT2D eigenvalue weighted by molar-refractivity contribution is 0.0244. The Balaban J connectivity index is 1.61. The Morgan fingerprint density at radius 1 is 0.902 bits per heavy atom. The molecule has 41 heavy (non-hydrogen) atoms. The Bertz CT molecular complexity index is 1430. The van der Waals surface area contributed by atoms with Gasteiger partial charge in [0.1, 0.15) is 4.84 Å². The molecule has 0 amide bonds. The first kappa shape index (κ1) is 29.8. The van der Waals surface area contributed by atoms with Gasteiger partial charge >= 0.3 is 0 Å². The van der Waals surface area contributed by atoms with Crippen LogP contribution in [-0.4, -0.2) is 4.84 Å². The summed E-state index contributed by atoms with van der Waals surface area (Å²) in [5.74, 6) is 0.327. The number of thiophene rings is 2. The summed E-state index contributed by atoms with van der Waals surface area (Å²) in [6.07, 6.45) is 13.1. The molecule has 2 aromatic carbocycles. The number of halogens is 3. The summed E-state index contributed by atoms with van der Waals surface area (Å²) in [4.78, 5) is 2.20. The van der Waals surface area contributed by atoms with Crippen LogP contribution in [0.3, 0.4) is 0 Å². The maximum absolute atomic E-state index is 6.90. The Kier molecular flexibility index (Phi) is 9.26. The van der Waals surface area contributed by atoms with E-state index in [0.717, 1.165) is 24.3 Å². The Labute approximate surface area is 269 Å². The number of hydrogen-bond donors (Lipinski definition) is 0. The van der Waals surface area contributed by atoms with Crippen LogP contribution in [0.2, 0.25) is 5.02 Å². The standard InChI is InChI=1S/C36H38Cl3S2/c1-2-18-35(21-7-11-31(35)34(38)39)36(19-4-3-5-20-36)30-10-6-9-27(29(30)24-25-13-15-26(37)16-14-25)28-17-23-41-33(28)32-12-8-22-40-32/h6,8-10,13-17,22-23,31,34H,2-5,7,11,18-21,24H2,1H3. The van der Waals surface area contributed by atoms with Crippen LogP contribution in [0.5, 0.6) is 0 Å². The van der Waals surface area contributed by atoms with Crippen molar-refractivity contribution < 1.29 is 0 Å². The molecule has 2 aliphatic rings. The molecule has 2 saturated carbocycles. The molecule has 0 aliphatic heterocycles. The third-order valence-electron chi connectivity index (χ3n) is 10.1. The van der Waals surface area contributed by atoms with Gasteiger partial charge in [0, 0.05) is 22.1 Å². The van der Waals surface area contributed by atoms with Crippen LogP contribution >= 0.6 is 57.5 Å². The molecule has 0 spiro atoms. The highest BCUT2D eigenvalue weighted by Crippen LogP contribution is 2.66. The number of rotatable bonds is 9. The van der Waals surface area contributed by atoms with Gasteiger partial charge in [0.05, 0.1) is 9.75 Å². The van der Waals surface area contributed by atoms with E-state index in [1.807, 2.05) is 29.5 Å². The summed E-state index contributed by atoms with van der Waals surface area (Å²) >= 11 is 23.7. The van der Waals surface area contributed by atoms with E-state index in [9.17, 15) is 0 Å². The number of alkyl halides is 2. The van der Waals surface area contributed by atoms with Gasteiger partial charge in [-0.15, -0.1) is 45.9 Å². The van der Waals surface area contributed by atoms with Crippen molar-refractivity contribution in [1.29, 1.82) is 0 Å². The molecule has 2 atom stereocenters. The summed E-state index contributed by atoms with van der Waals surface area (Å²) in [6, 6.07) is 23.5. The molecule has 2 aliphatic carbocycles. The van der Waals surface area contributed by atoms with Crippen LogP contribution < -0.4 is 0 Å². The van der Waals surface area contributed by atoms with Gasteiger partial charge in [-0.25, -0.2) is 0 Å². The topological polar surface area (TPSA) is 0 Å². The van der Waals surface area contributed by atoms with Gasteiger partial charge in [-0.3, -0.25) is 0 Å². The fourth-order valence-corrected chi connectivity index (χ4v) is 11.2. The summed E-state index contributed by atoms with van der Waals surface area (Å²) in [5.41, 5.74) is 7.17. The summed E-state index contributed by atoms with van der Waals surface area (Å²) in [5, 5.41) is 5.15. The molecule has 2 aromatic heterocycles. The minimum atomic E-state index is -0.330. The minimum absolute atomic E-state index is 0.0630. The van der Waals surface area contributed by atoms with Gasteiger partial charge in [-0.05, 0) is 107 Å². The average Bonchev–Trinajstić information content (AvgIpc) is 3.76. The third-order valence-corrected chi connectivity index (χ3v) is 12.9. The Morgan fingerprint density at radius 2 is 1.71 bits per heavy atom. The molecule has 2 fully saturated rings. The third kappa shape index (κ3) is 5.46. The largest absolute Gasteiger partial charge is 0.142 e. The van der Waals surface area contributed by atoms with Gasteiger partial charge in [-0.1, -0.05) is 81.0 Å². The molecule has 2 unspecified atom stereocenters. The second-order valence-electron chi connectivity index (χ2n) is 12.1. The van der Waals surface area contributed by atoms with Crippen LogP contribution in [0, 0.1) is 17.4 Å². The predicted molar refractivity (Wildman–Crippen MR) is 181 cm³/mol. The van der Waals surface area contributed by atoms with Crippen molar-refractivity contribution in [3.05, 3.63) is 93.1 Å². The summed E-state index contributed by atoms with van der Waals surface area (Å²) in [7, 11) is 0. The van der Waals surface area contributed by atoms with Crippen LogP contribution in [0.15, 0.2) is 65.4 Å². The van der Waals surface area contributed by atoms with Gasteiger partial charge in [0.2, 0.25) is 0 Å². The molecule has 0 saturated heterocycles. The molecule has 6 rings (SSSR count). The number of hydrogen-bond acceptors (Lipinski definition) is 2. The molecular formula is C36H38Cl3S2. The summed E-state index contributed by atoms with van der Waals surface area (Å²) < 4.78 is 0. The second kappa shape index (κ2) is 12.7. The fourth-order valence-electron chi connectivity index (χ4n) is 8.59. The molecular weight excluding hydrogens is 603 g/mol. The minimum Gasteiger partial charge on any atom is -0.142 e. The van der Waals surface area contributed by atoms with Crippen molar-refractivity contribution in [2.45, 2.75) is 87.8 Å². The van der Waals surface area contributed by atoms with Crippen LogP contribution in [-0.2, 0) is 11.8 Å². The van der Waals surface area contributed by atoms with Crippen LogP contribution in [0.25, 0.3) is 20.9 Å². The first-order valence-electron chi connectivity index (χ1n) is 15.2. The fraction of sp³-hybridized carbons (Fsp3) is 0.444. The SMILES string of the molecule is CCCC1(C2(c3cccc(-c4ccsc4-c4[c]ccs4)c3Cc3ccc(Cl)cc3)CCCCC2)CCCC1C(Cl)Cl. The zero-order valence-corrected chi connectivity index (χ0v) is 27.6. The van der Waals surface area contributed by atoms with Crippen molar-refractivity contribution in [2.24, 2.45) is 11.3 Å². The average molecular weight is 641 g/mol. The maximum Gasteiger partial charge on any atom is 0.111 e. The predicted octanol–water partition coefficient (Wildman–Crippen LogP) is 12.8. The lowest BCUT2D eigenvalue weighted by Crippen LogP contribution is -2.51. The van der Waals surface area contributed by atoms with Crippen LogP contribution in [0.1, 0.15) is 87.8 Å². The lowest BCUT2D eigenvalue weighted by atomic mass is 9.48. The van der Waals surface area contributed by atoms with E-state index in [2.05, 4.69) is 60.1 Å². The molecule has 215 valence electrons. The van der Waals surface area contributed by atoms with E-state index in [4.69, 9.17) is 34.8 Å². The van der Waals surface area contributed by atoms with Crippen molar-refractivity contribution in [2.75, 3.05) is 0 Å². The Morgan fingerprint density at radius 3 is 2.41 bits per heavy atom. The highest BCUT2D eigenvalue weighted by Gasteiger charge is 2.59. The molecule has 1 radical (unpaired) electrons. The van der Waals surface area contributed by atoms with E-state index >= 15 is 0 Å². The first-order valence-corrected chi connectivity index (χ1v) is 18.2. The molecule has 4 aromatic rings. The first-order chi connectivity index (χ1) is 20.0. The molecule has 0 N–H and O–H groups in total. The van der Waals surface area contributed by atoms with E-state index in [0.29, 0.717) is 5.92 Å². The summed E-state index contributed by atoms with van der Waals surface area (Å²) in [6.45, 7) is 2.35. The monoisotopic (exact) mass is 639 g/mol. The number of benzene rings is 2. The van der Waals surface area contributed by atoms with Gasteiger partial charge in [0.25, 0.3) is 0 Å². The lowest BCUT2D eigenvalue weighted by Gasteiger charge is -2.56. The van der Waals surface area contributed by atoms with Gasteiger partial charge in [-0.2, -0.15) is 0 Å². The molecule has 2 heterocycles. The van der Waals surface area contributed by atoms with Gasteiger partial charge < -0.3 is 0 Å². The molecule has 0 nitrogen and oxygen atoms in total. The van der Waals surface area contributed by atoms with E-state index < -0.39 is 0 Å². The van der Waals surface area contributed by atoms with Crippen molar-refractivity contribution in [1.82, 2.24) is 0 Å². The van der Waals surface area contributed by atoms with Crippen molar-refractivity contribution in [3.63, 3.8) is 0 Å². The van der Waals surface area contributed by atoms with Crippen molar-refractivity contribution >= 4 is 57.5 Å². The maximum atomic E-state index is 6.90. The zero-order valence-electron chi connectivity index (χ0n) is 23.7. The zero-order chi connectivity index (χ0) is 28.5. The van der Waals surface area contributed by atoms with E-state index in [1.165, 1.54) is 83.4 Å². The highest BCUT2D eigenvalue weighted by molar-refractivity contribution is 7.20. The van der Waals surface area contributed by atoms with E-state index in [1.54, 1.807) is 16.9 Å². The van der Waals surface area contributed by atoms with Crippen LogP contribution in [0.4, 0.5) is 0 Å². The molecule has 0 bridgehead atoms. The quantitative estimate of drug-likeness (QED) is 0.160. The van der Waals surface area contributed by atoms with Gasteiger partial charge in [0.15, 0.2) is 0 Å².